The van der Waals surface area contributed by atoms with E-state index in [1.165, 1.54) is 0 Å². The molecule has 0 aliphatic carbocycles. The van der Waals surface area contributed by atoms with Crippen molar-refractivity contribution in [2.75, 3.05) is 14.1 Å². The van der Waals surface area contributed by atoms with Crippen LogP contribution in [0, 0.1) is 18.3 Å². The first-order valence-corrected chi connectivity index (χ1v) is 5.24. The van der Waals surface area contributed by atoms with Crippen LogP contribution in [0.15, 0.2) is 21.6 Å². The maximum atomic E-state index is 9.00. The Hall–Kier alpha value is -1.34. The number of aliphatic imine (C=N–C) groups is 1. The summed E-state index contributed by atoms with van der Waals surface area (Å²) in [5.41, 5.74) is 2.24. The van der Waals surface area contributed by atoms with Crippen LogP contribution >= 0.6 is 15.9 Å². The molecule has 0 bridgehead atoms. The summed E-state index contributed by atoms with van der Waals surface area (Å²) in [6.45, 7) is 1.90. The van der Waals surface area contributed by atoms with E-state index in [1.807, 2.05) is 38.1 Å². The van der Waals surface area contributed by atoms with Crippen molar-refractivity contribution in [1.82, 2.24) is 4.90 Å². The van der Waals surface area contributed by atoms with Gasteiger partial charge in [-0.25, -0.2) is 4.99 Å². The molecule has 0 fully saturated rings. The average Bonchev–Trinajstić information content (AvgIpc) is 2.13. The van der Waals surface area contributed by atoms with Crippen molar-refractivity contribution in [3.05, 3.63) is 27.7 Å². The van der Waals surface area contributed by atoms with Gasteiger partial charge in [0.1, 0.15) is 6.07 Å². The van der Waals surface area contributed by atoms with Gasteiger partial charge in [0.15, 0.2) is 0 Å². The van der Waals surface area contributed by atoms with Crippen LogP contribution in [0.2, 0.25) is 0 Å². The lowest BCUT2D eigenvalue weighted by Crippen LogP contribution is -2.07. The molecule has 0 heterocycles. The van der Waals surface area contributed by atoms with Crippen molar-refractivity contribution < 1.29 is 0 Å². The van der Waals surface area contributed by atoms with E-state index in [2.05, 4.69) is 27.0 Å². The number of aryl methyl sites for hydroxylation is 1. The fraction of sp³-hybridized carbons (Fsp3) is 0.273. The molecule has 0 aliphatic rings. The average molecular weight is 266 g/mol. The molecule has 4 heteroatoms. The second-order valence-corrected chi connectivity index (χ2v) is 4.35. The number of halogens is 1. The molecule has 0 radical (unpaired) electrons. The molecule has 0 aliphatic heterocycles. The lowest BCUT2D eigenvalue weighted by atomic mass is 10.1. The van der Waals surface area contributed by atoms with Crippen molar-refractivity contribution in [2.45, 2.75) is 6.92 Å². The minimum absolute atomic E-state index is 0.622. The van der Waals surface area contributed by atoms with Crippen molar-refractivity contribution in [3.63, 3.8) is 0 Å². The van der Waals surface area contributed by atoms with E-state index in [-0.39, 0.29) is 0 Å². The zero-order chi connectivity index (χ0) is 11.4. The Bertz CT molecular complexity index is 430. The van der Waals surface area contributed by atoms with Crippen molar-refractivity contribution >= 4 is 28.0 Å². The van der Waals surface area contributed by atoms with Gasteiger partial charge in [-0.15, -0.1) is 0 Å². The smallest absolute Gasteiger partial charge is 0.102 e. The van der Waals surface area contributed by atoms with Crippen molar-refractivity contribution in [3.8, 4) is 6.07 Å². The Morgan fingerprint density at radius 2 is 2.13 bits per heavy atom. The molecule has 1 aromatic carbocycles. The molecule has 1 aromatic rings. The Labute approximate surface area is 98.2 Å². The molecular formula is C11H12BrN3. The zero-order valence-corrected chi connectivity index (χ0v) is 10.5. The molecule has 0 aromatic heterocycles. The number of hydrogen-bond donors (Lipinski definition) is 0. The summed E-state index contributed by atoms with van der Waals surface area (Å²) in [4.78, 5) is 6.08. The lowest BCUT2D eigenvalue weighted by molar-refractivity contribution is 0.643. The maximum absolute atomic E-state index is 9.00. The number of nitriles is 1. The first-order valence-electron chi connectivity index (χ1n) is 4.45. The number of benzene rings is 1. The summed E-state index contributed by atoms with van der Waals surface area (Å²) >= 11 is 3.39. The maximum Gasteiger partial charge on any atom is 0.102 e. The summed E-state index contributed by atoms with van der Waals surface area (Å²) in [5, 5.41) is 9.00. The molecule has 0 atom stereocenters. The molecule has 1 rings (SSSR count). The Morgan fingerprint density at radius 1 is 1.47 bits per heavy atom. The van der Waals surface area contributed by atoms with Gasteiger partial charge in [-0.05, 0) is 24.6 Å². The fourth-order valence-corrected chi connectivity index (χ4v) is 1.71. The van der Waals surface area contributed by atoms with Crippen LogP contribution in [0.4, 0.5) is 5.69 Å². The van der Waals surface area contributed by atoms with Gasteiger partial charge in [0.05, 0.1) is 17.6 Å². The topological polar surface area (TPSA) is 39.4 Å². The highest BCUT2D eigenvalue weighted by atomic mass is 79.9. The zero-order valence-electron chi connectivity index (χ0n) is 8.95. The van der Waals surface area contributed by atoms with Gasteiger partial charge in [-0.3, -0.25) is 0 Å². The minimum Gasteiger partial charge on any atom is -0.369 e. The van der Waals surface area contributed by atoms with E-state index >= 15 is 0 Å². The Balaban J connectivity index is 3.22. The van der Waals surface area contributed by atoms with Gasteiger partial charge >= 0.3 is 0 Å². The summed E-state index contributed by atoms with van der Waals surface area (Å²) in [6.07, 6.45) is 1.68. The molecule has 78 valence electrons. The predicted molar refractivity (Wildman–Crippen MR) is 65.4 cm³/mol. The van der Waals surface area contributed by atoms with Crippen molar-refractivity contribution in [1.29, 1.82) is 5.26 Å². The normalized spacial score (nSPS) is 10.3. The van der Waals surface area contributed by atoms with Crippen LogP contribution < -0.4 is 0 Å². The van der Waals surface area contributed by atoms with Gasteiger partial charge in [-0.1, -0.05) is 15.9 Å². The number of hydrogen-bond acceptors (Lipinski definition) is 2. The first-order chi connectivity index (χ1) is 7.04. The van der Waals surface area contributed by atoms with E-state index in [4.69, 9.17) is 5.26 Å². The van der Waals surface area contributed by atoms with Crippen LogP contribution in [-0.4, -0.2) is 25.3 Å². The summed E-state index contributed by atoms with van der Waals surface area (Å²) < 4.78 is 0.935. The van der Waals surface area contributed by atoms with Gasteiger partial charge in [0.2, 0.25) is 0 Å². The molecular weight excluding hydrogens is 254 g/mol. The molecule has 0 N–H and O–H groups in total. The predicted octanol–water partition coefficient (Wildman–Crippen LogP) is 2.85. The summed E-state index contributed by atoms with van der Waals surface area (Å²) in [6, 6.07) is 5.91. The van der Waals surface area contributed by atoms with E-state index in [9.17, 15) is 0 Å². The largest absolute Gasteiger partial charge is 0.369 e. The van der Waals surface area contributed by atoms with Crippen LogP contribution in [0.5, 0.6) is 0 Å². The number of nitrogens with zero attached hydrogens (tertiary/aromatic N) is 3. The van der Waals surface area contributed by atoms with Crippen molar-refractivity contribution in [2.24, 2.45) is 4.99 Å². The molecule has 15 heavy (non-hydrogen) atoms. The quantitative estimate of drug-likeness (QED) is 0.610. The fourth-order valence-electron chi connectivity index (χ4n) is 1.15. The van der Waals surface area contributed by atoms with E-state index in [0.717, 1.165) is 10.0 Å². The monoisotopic (exact) mass is 265 g/mol. The highest BCUT2D eigenvalue weighted by Crippen LogP contribution is 2.26. The van der Waals surface area contributed by atoms with Gasteiger partial charge in [-0.2, -0.15) is 5.26 Å². The Morgan fingerprint density at radius 3 is 2.67 bits per heavy atom. The van der Waals surface area contributed by atoms with E-state index < -0.39 is 0 Å². The number of rotatable bonds is 2. The third kappa shape index (κ3) is 3.07. The molecule has 0 unspecified atom stereocenters. The molecule has 0 spiro atoms. The van der Waals surface area contributed by atoms with E-state index in [0.29, 0.717) is 11.3 Å². The first kappa shape index (κ1) is 11.7. The summed E-state index contributed by atoms with van der Waals surface area (Å²) in [7, 11) is 3.78. The highest BCUT2D eigenvalue weighted by molar-refractivity contribution is 9.10. The second kappa shape index (κ2) is 4.94. The van der Waals surface area contributed by atoms with Gasteiger partial charge in [0, 0.05) is 18.6 Å². The molecule has 3 nitrogen and oxygen atoms in total. The lowest BCUT2D eigenvalue weighted by Gasteiger charge is -2.05. The SMILES string of the molecule is Cc1cc(Br)cc(/N=C/N(C)C)c1C#N. The minimum atomic E-state index is 0.622. The molecule has 0 saturated heterocycles. The van der Waals surface area contributed by atoms with E-state index in [1.54, 1.807) is 6.34 Å². The highest BCUT2D eigenvalue weighted by Gasteiger charge is 2.05. The second-order valence-electron chi connectivity index (χ2n) is 3.44. The van der Waals surface area contributed by atoms with Crippen LogP contribution in [-0.2, 0) is 0 Å². The van der Waals surface area contributed by atoms with Gasteiger partial charge < -0.3 is 4.90 Å². The Kier molecular flexibility index (Phi) is 3.87. The third-order valence-corrected chi connectivity index (χ3v) is 2.28. The summed E-state index contributed by atoms with van der Waals surface area (Å²) in [5.74, 6) is 0. The van der Waals surface area contributed by atoms with Crippen LogP contribution in [0.1, 0.15) is 11.1 Å². The van der Waals surface area contributed by atoms with Crippen LogP contribution in [0.25, 0.3) is 0 Å². The molecule has 0 amide bonds. The standard InChI is InChI=1S/C11H12BrN3/c1-8-4-9(12)5-11(10(8)6-13)14-7-15(2)3/h4-5,7H,1-3H3/b14-7+. The van der Waals surface area contributed by atoms with Gasteiger partial charge in [0.25, 0.3) is 0 Å². The molecule has 0 saturated carbocycles. The third-order valence-electron chi connectivity index (χ3n) is 1.82. The van der Waals surface area contributed by atoms with Crippen LogP contribution in [0.3, 0.4) is 0 Å².